The molecule has 2 aromatic rings. The molecule has 1 N–H and O–H groups in total. The summed E-state index contributed by atoms with van der Waals surface area (Å²) in [5.41, 5.74) is 4.03. The molecule has 1 atom stereocenters. The normalized spacial score (nSPS) is 14.2. The number of carbonyl (C=O) groups is 2. The molecule has 0 aliphatic carbocycles. The molecule has 2 amide bonds. The van der Waals surface area contributed by atoms with Gasteiger partial charge in [0.1, 0.15) is 0 Å². The Bertz CT molecular complexity index is 755. The Morgan fingerprint density at radius 3 is 2.62 bits per heavy atom. The smallest absolute Gasteiger partial charge is 0.224 e. The summed E-state index contributed by atoms with van der Waals surface area (Å²) in [6.45, 7) is 4.35. The third-order valence-electron chi connectivity index (χ3n) is 4.50. The first-order chi connectivity index (χ1) is 11.5. The minimum Gasteiger partial charge on any atom is -0.326 e. The maximum absolute atomic E-state index is 12.3. The number of benzene rings is 2. The number of rotatable bonds is 4. The van der Waals surface area contributed by atoms with E-state index in [2.05, 4.69) is 12.2 Å². The van der Waals surface area contributed by atoms with Crippen LogP contribution in [-0.4, -0.2) is 18.4 Å². The second kappa shape index (κ2) is 6.87. The minimum absolute atomic E-state index is 0.00715. The average Bonchev–Trinajstić information content (AvgIpc) is 2.99. The first-order valence-electron chi connectivity index (χ1n) is 8.30. The van der Waals surface area contributed by atoms with Crippen LogP contribution in [-0.2, 0) is 16.0 Å². The van der Waals surface area contributed by atoms with E-state index in [1.165, 1.54) is 5.56 Å². The molecular formula is C20H22N2O2. The Kier molecular flexibility index (Phi) is 4.65. The molecule has 0 spiro atoms. The Morgan fingerprint density at radius 1 is 1.17 bits per heavy atom. The van der Waals surface area contributed by atoms with Crippen LogP contribution in [0.15, 0.2) is 48.5 Å². The number of carbonyl (C=O) groups excluding carboxylic acids is 2. The molecule has 0 aromatic heterocycles. The highest BCUT2D eigenvalue weighted by Gasteiger charge is 2.22. The molecule has 3 rings (SSSR count). The van der Waals surface area contributed by atoms with E-state index in [9.17, 15) is 9.59 Å². The van der Waals surface area contributed by atoms with E-state index < -0.39 is 0 Å². The predicted octanol–water partition coefficient (Wildman–Crippen LogP) is 3.73. The average molecular weight is 322 g/mol. The van der Waals surface area contributed by atoms with E-state index in [0.717, 1.165) is 23.4 Å². The van der Waals surface area contributed by atoms with Crippen LogP contribution in [0.1, 0.15) is 37.3 Å². The van der Waals surface area contributed by atoms with E-state index in [0.29, 0.717) is 13.0 Å². The summed E-state index contributed by atoms with van der Waals surface area (Å²) in [6.07, 6.45) is 1.28. The van der Waals surface area contributed by atoms with Crippen LogP contribution in [0.3, 0.4) is 0 Å². The highest BCUT2D eigenvalue weighted by atomic mass is 16.2. The Labute approximate surface area is 142 Å². The van der Waals surface area contributed by atoms with Gasteiger partial charge in [0.15, 0.2) is 0 Å². The Hall–Kier alpha value is -2.62. The zero-order chi connectivity index (χ0) is 17.1. The third kappa shape index (κ3) is 3.48. The molecule has 1 aliphatic rings. The van der Waals surface area contributed by atoms with Crippen LogP contribution in [0.4, 0.5) is 11.4 Å². The molecule has 4 heteroatoms. The van der Waals surface area contributed by atoms with Gasteiger partial charge in [-0.3, -0.25) is 9.59 Å². The fourth-order valence-corrected chi connectivity index (χ4v) is 3.20. The second-order valence-corrected chi connectivity index (χ2v) is 6.33. The largest absolute Gasteiger partial charge is 0.326 e. The quantitative estimate of drug-likeness (QED) is 0.932. The monoisotopic (exact) mass is 322 g/mol. The van der Waals surface area contributed by atoms with Gasteiger partial charge >= 0.3 is 0 Å². The highest BCUT2D eigenvalue weighted by Crippen LogP contribution is 2.30. The van der Waals surface area contributed by atoms with Crippen molar-refractivity contribution >= 4 is 23.2 Å². The van der Waals surface area contributed by atoms with Gasteiger partial charge in [-0.1, -0.05) is 37.3 Å². The molecular weight excluding hydrogens is 300 g/mol. The molecule has 1 heterocycles. The van der Waals surface area contributed by atoms with Gasteiger partial charge in [-0.25, -0.2) is 0 Å². The van der Waals surface area contributed by atoms with Crippen LogP contribution in [0.25, 0.3) is 0 Å². The number of nitrogens with one attached hydrogen (secondary N) is 1. The maximum Gasteiger partial charge on any atom is 0.224 e. The lowest BCUT2D eigenvalue weighted by Crippen LogP contribution is -2.25. The van der Waals surface area contributed by atoms with Crippen molar-refractivity contribution in [1.82, 2.24) is 0 Å². The molecule has 2 aromatic carbocycles. The highest BCUT2D eigenvalue weighted by molar-refractivity contribution is 5.95. The van der Waals surface area contributed by atoms with Crippen molar-refractivity contribution in [1.29, 1.82) is 0 Å². The van der Waals surface area contributed by atoms with E-state index in [4.69, 9.17) is 0 Å². The van der Waals surface area contributed by atoms with Crippen molar-refractivity contribution < 1.29 is 9.59 Å². The van der Waals surface area contributed by atoms with Crippen LogP contribution in [0.5, 0.6) is 0 Å². The van der Waals surface area contributed by atoms with Crippen LogP contribution in [0.2, 0.25) is 0 Å². The SMILES string of the molecule is CC(=O)N1CCc2cc(NC(=O)CC(C)c3ccccc3)ccc21. The molecule has 0 saturated heterocycles. The topological polar surface area (TPSA) is 49.4 Å². The summed E-state index contributed by atoms with van der Waals surface area (Å²) in [6, 6.07) is 15.8. The number of hydrogen-bond donors (Lipinski definition) is 1. The van der Waals surface area contributed by atoms with Crippen molar-refractivity contribution in [2.75, 3.05) is 16.8 Å². The first-order valence-corrected chi connectivity index (χ1v) is 8.30. The molecule has 1 aliphatic heterocycles. The van der Waals surface area contributed by atoms with E-state index in [1.54, 1.807) is 11.8 Å². The summed E-state index contributed by atoms with van der Waals surface area (Å²) < 4.78 is 0. The summed E-state index contributed by atoms with van der Waals surface area (Å²) in [5.74, 6) is 0.240. The van der Waals surface area contributed by atoms with Crippen LogP contribution >= 0.6 is 0 Å². The van der Waals surface area contributed by atoms with Gasteiger partial charge in [0, 0.05) is 31.3 Å². The summed E-state index contributed by atoms with van der Waals surface area (Å²) in [7, 11) is 0. The summed E-state index contributed by atoms with van der Waals surface area (Å²) in [5, 5.41) is 2.97. The van der Waals surface area contributed by atoms with Gasteiger partial charge in [0.2, 0.25) is 11.8 Å². The van der Waals surface area contributed by atoms with Gasteiger partial charge in [-0.2, -0.15) is 0 Å². The first kappa shape index (κ1) is 16.2. The zero-order valence-corrected chi connectivity index (χ0v) is 14.1. The van der Waals surface area contributed by atoms with Gasteiger partial charge < -0.3 is 10.2 Å². The molecule has 124 valence electrons. The predicted molar refractivity (Wildman–Crippen MR) is 96.3 cm³/mol. The number of nitrogens with zero attached hydrogens (tertiary/aromatic N) is 1. The molecule has 0 fully saturated rings. The van der Waals surface area contributed by atoms with Crippen LogP contribution in [0, 0.1) is 0 Å². The fourth-order valence-electron chi connectivity index (χ4n) is 3.20. The summed E-state index contributed by atoms with van der Waals surface area (Å²) >= 11 is 0. The fraction of sp³-hybridized carbons (Fsp3) is 0.300. The van der Waals surface area contributed by atoms with Crippen molar-refractivity contribution in [2.24, 2.45) is 0 Å². The molecule has 0 radical (unpaired) electrons. The number of amides is 2. The van der Waals surface area contributed by atoms with Crippen molar-refractivity contribution in [3.63, 3.8) is 0 Å². The number of hydrogen-bond acceptors (Lipinski definition) is 2. The van der Waals surface area contributed by atoms with Gasteiger partial charge in [0.05, 0.1) is 0 Å². The lowest BCUT2D eigenvalue weighted by Gasteiger charge is -2.15. The lowest BCUT2D eigenvalue weighted by atomic mass is 9.97. The van der Waals surface area contributed by atoms with E-state index >= 15 is 0 Å². The van der Waals surface area contributed by atoms with E-state index in [1.807, 2.05) is 48.5 Å². The van der Waals surface area contributed by atoms with Crippen molar-refractivity contribution in [3.8, 4) is 0 Å². The minimum atomic E-state index is 0.00715. The standard InChI is InChI=1S/C20H22N2O2/c1-14(16-6-4-3-5-7-16)12-20(24)21-18-8-9-19-17(13-18)10-11-22(19)15(2)23/h3-9,13-14H,10-12H2,1-2H3,(H,21,24). The van der Waals surface area contributed by atoms with Gasteiger partial charge in [0.25, 0.3) is 0 Å². The van der Waals surface area contributed by atoms with Crippen LogP contribution < -0.4 is 10.2 Å². The van der Waals surface area contributed by atoms with Gasteiger partial charge in [-0.15, -0.1) is 0 Å². The zero-order valence-electron chi connectivity index (χ0n) is 14.1. The van der Waals surface area contributed by atoms with E-state index in [-0.39, 0.29) is 17.7 Å². The second-order valence-electron chi connectivity index (χ2n) is 6.33. The number of fused-ring (bicyclic) bond motifs is 1. The third-order valence-corrected chi connectivity index (χ3v) is 4.50. The molecule has 1 unspecified atom stereocenters. The summed E-state index contributed by atoms with van der Waals surface area (Å²) in [4.78, 5) is 25.7. The Balaban J connectivity index is 1.64. The maximum atomic E-state index is 12.3. The number of anilines is 2. The van der Waals surface area contributed by atoms with Gasteiger partial charge in [-0.05, 0) is 41.7 Å². The lowest BCUT2D eigenvalue weighted by molar-refractivity contribution is -0.117. The molecule has 0 saturated carbocycles. The molecule has 24 heavy (non-hydrogen) atoms. The molecule has 4 nitrogen and oxygen atoms in total. The van der Waals surface area contributed by atoms with Crippen molar-refractivity contribution in [3.05, 3.63) is 59.7 Å². The Morgan fingerprint density at radius 2 is 1.92 bits per heavy atom. The van der Waals surface area contributed by atoms with Crippen molar-refractivity contribution in [2.45, 2.75) is 32.6 Å². The molecule has 0 bridgehead atoms.